The highest BCUT2D eigenvalue weighted by Gasteiger charge is 2.32. The molecule has 0 unspecified atom stereocenters. The second kappa shape index (κ2) is 6.35. The summed E-state index contributed by atoms with van der Waals surface area (Å²) in [5.41, 5.74) is 4.09. The van der Waals surface area contributed by atoms with E-state index in [0.717, 1.165) is 11.1 Å². The maximum absolute atomic E-state index is 13.1. The fraction of sp³-hybridized carbons (Fsp3) is 0.167. The molecule has 2 aromatic heterocycles. The first-order valence-corrected chi connectivity index (χ1v) is 9.68. The summed E-state index contributed by atoms with van der Waals surface area (Å²) in [4.78, 5) is 34.9. The predicted octanol–water partition coefficient (Wildman–Crippen LogP) is 5.09. The topological polar surface area (TPSA) is 74.1 Å². The first-order valence-electron chi connectivity index (χ1n) is 9.68. The Balaban J connectivity index is 1.81. The summed E-state index contributed by atoms with van der Waals surface area (Å²) in [5.74, 6) is 0.401. The summed E-state index contributed by atoms with van der Waals surface area (Å²) in [7, 11) is 0. The Morgan fingerprint density at radius 2 is 1.63 bits per heavy atom. The molecule has 0 saturated carbocycles. The van der Waals surface area contributed by atoms with Gasteiger partial charge in [-0.15, -0.1) is 0 Å². The number of hydrogen-bond acceptors (Lipinski definition) is 5. The second-order valence-corrected chi connectivity index (χ2v) is 8.22. The fourth-order valence-corrected chi connectivity index (χ4v) is 3.86. The molecule has 6 nitrogen and oxygen atoms in total. The number of fused-ring (bicyclic) bond motifs is 4. The van der Waals surface area contributed by atoms with Crippen LogP contribution in [0.1, 0.15) is 36.7 Å². The number of carbonyl (C=O) groups excluding carboxylic acids is 2. The van der Waals surface area contributed by atoms with Gasteiger partial charge in [-0.2, -0.15) is 0 Å². The molecule has 148 valence electrons. The van der Waals surface area contributed by atoms with Crippen LogP contribution in [0.4, 0.5) is 4.79 Å². The van der Waals surface area contributed by atoms with E-state index >= 15 is 0 Å². The molecule has 2 heterocycles. The molecule has 0 fully saturated rings. The van der Waals surface area contributed by atoms with E-state index in [1.54, 1.807) is 18.5 Å². The lowest BCUT2D eigenvalue weighted by molar-refractivity contribution is 0.0546. The lowest BCUT2D eigenvalue weighted by Crippen LogP contribution is -2.27. The van der Waals surface area contributed by atoms with Gasteiger partial charge in [0.1, 0.15) is 5.60 Å². The maximum atomic E-state index is 13.1. The van der Waals surface area contributed by atoms with E-state index in [0.29, 0.717) is 33.5 Å². The zero-order valence-electron chi connectivity index (χ0n) is 16.8. The van der Waals surface area contributed by atoms with E-state index in [9.17, 15) is 9.59 Å². The van der Waals surface area contributed by atoms with Crippen molar-refractivity contribution < 1.29 is 14.3 Å². The molecular formula is C24H19N3O3. The van der Waals surface area contributed by atoms with Crippen LogP contribution >= 0.6 is 0 Å². The van der Waals surface area contributed by atoms with E-state index in [2.05, 4.69) is 4.98 Å². The van der Waals surface area contributed by atoms with Gasteiger partial charge in [0.25, 0.3) is 0 Å². The predicted molar refractivity (Wildman–Crippen MR) is 113 cm³/mol. The molecule has 0 atom stereocenters. The average molecular weight is 397 g/mol. The van der Waals surface area contributed by atoms with E-state index in [1.165, 1.54) is 4.57 Å². The van der Waals surface area contributed by atoms with Gasteiger partial charge in [-0.25, -0.2) is 14.3 Å². The van der Waals surface area contributed by atoms with Gasteiger partial charge >= 0.3 is 6.09 Å². The molecule has 0 bridgehead atoms. The molecule has 1 aliphatic carbocycles. The largest absolute Gasteiger partial charge is 0.443 e. The summed E-state index contributed by atoms with van der Waals surface area (Å²) in [6.07, 6.45) is 2.69. The standard InChI is InChI=1S/C24H19N3O3/c1-24(2,3)30-23(29)27-19-13-25-12-11-18(19)26-22(27)17-10-6-9-16-20(17)14-7-4-5-8-15(14)21(16)28/h4-13H,1-3H3. The zero-order chi connectivity index (χ0) is 21.0. The minimum absolute atomic E-state index is 0.0240. The summed E-state index contributed by atoms with van der Waals surface area (Å²) < 4.78 is 7.09. The van der Waals surface area contributed by atoms with Crippen molar-refractivity contribution in [2.75, 3.05) is 0 Å². The van der Waals surface area contributed by atoms with Gasteiger partial charge in [-0.1, -0.05) is 42.5 Å². The van der Waals surface area contributed by atoms with Crippen molar-refractivity contribution in [3.8, 4) is 22.5 Å². The van der Waals surface area contributed by atoms with Crippen LogP contribution in [0, 0.1) is 0 Å². The molecule has 0 radical (unpaired) electrons. The number of carbonyl (C=O) groups is 2. The van der Waals surface area contributed by atoms with Crippen LogP contribution < -0.4 is 0 Å². The Hall–Kier alpha value is -3.80. The van der Waals surface area contributed by atoms with Crippen molar-refractivity contribution in [3.05, 3.63) is 72.1 Å². The Labute approximate surface area is 173 Å². The van der Waals surface area contributed by atoms with Crippen molar-refractivity contribution in [2.45, 2.75) is 26.4 Å². The van der Waals surface area contributed by atoms with Crippen molar-refractivity contribution >= 4 is 22.9 Å². The van der Waals surface area contributed by atoms with Crippen molar-refractivity contribution in [2.24, 2.45) is 0 Å². The summed E-state index contributed by atoms with van der Waals surface area (Å²) in [5, 5.41) is 0. The number of rotatable bonds is 1. The van der Waals surface area contributed by atoms with Gasteiger partial charge in [0.2, 0.25) is 0 Å². The highest BCUT2D eigenvalue weighted by atomic mass is 16.6. The monoisotopic (exact) mass is 397 g/mol. The molecular weight excluding hydrogens is 378 g/mol. The van der Waals surface area contributed by atoms with Crippen molar-refractivity contribution in [1.29, 1.82) is 0 Å². The average Bonchev–Trinajstić information content (AvgIpc) is 3.23. The summed E-state index contributed by atoms with van der Waals surface area (Å²) in [6.45, 7) is 5.45. The van der Waals surface area contributed by atoms with Gasteiger partial charge in [-0.3, -0.25) is 9.78 Å². The van der Waals surface area contributed by atoms with E-state index in [-0.39, 0.29) is 5.78 Å². The molecule has 30 heavy (non-hydrogen) atoms. The van der Waals surface area contributed by atoms with Crippen LogP contribution in [-0.4, -0.2) is 32.0 Å². The SMILES string of the molecule is CC(C)(C)OC(=O)n1c(-c2cccc3c2-c2ccccc2C3=O)nc2ccncc21. The number of hydrogen-bond donors (Lipinski definition) is 0. The third-order valence-electron chi connectivity index (χ3n) is 5.02. The fourth-order valence-electron chi connectivity index (χ4n) is 3.86. The molecule has 0 aliphatic heterocycles. The van der Waals surface area contributed by atoms with Gasteiger partial charge in [-0.05, 0) is 32.4 Å². The van der Waals surface area contributed by atoms with E-state index < -0.39 is 11.7 Å². The third kappa shape index (κ3) is 2.72. The zero-order valence-corrected chi connectivity index (χ0v) is 16.8. The lowest BCUT2D eigenvalue weighted by atomic mass is 9.99. The Bertz CT molecular complexity index is 1350. The quantitative estimate of drug-likeness (QED) is 0.394. The van der Waals surface area contributed by atoms with Crippen LogP contribution in [0.5, 0.6) is 0 Å². The van der Waals surface area contributed by atoms with Crippen LogP contribution in [0.2, 0.25) is 0 Å². The highest BCUT2D eigenvalue weighted by molar-refractivity contribution is 6.23. The molecule has 5 rings (SSSR count). The molecule has 0 saturated heterocycles. The Morgan fingerprint density at radius 1 is 0.933 bits per heavy atom. The normalized spacial score (nSPS) is 12.7. The molecule has 2 aromatic carbocycles. The molecule has 0 spiro atoms. The number of nitrogens with zero attached hydrogens (tertiary/aromatic N) is 3. The third-order valence-corrected chi connectivity index (χ3v) is 5.02. The van der Waals surface area contributed by atoms with Gasteiger partial charge < -0.3 is 4.74 Å². The number of ketones is 1. The first-order chi connectivity index (χ1) is 14.3. The number of imidazole rings is 1. The highest BCUT2D eigenvalue weighted by Crippen LogP contribution is 2.43. The summed E-state index contributed by atoms with van der Waals surface area (Å²) >= 11 is 0. The van der Waals surface area contributed by atoms with Crippen LogP contribution in [-0.2, 0) is 4.74 Å². The van der Waals surface area contributed by atoms with Crippen molar-refractivity contribution in [1.82, 2.24) is 14.5 Å². The molecule has 4 aromatic rings. The van der Waals surface area contributed by atoms with Gasteiger partial charge in [0.15, 0.2) is 11.6 Å². The maximum Gasteiger partial charge on any atom is 0.420 e. The van der Waals surface area contributed by atoms with Gasteiger partial charge in [0.05, 0.1) is 17.2 Å². The molecule has 0 N–H and O–H groups in total. The summed E-state index contributed by atoms with van der Waals surface area (Å²) in [6, 6.07) is 14.7. The lowest BCUT2D eigenvalue weighted by Gasteiger charge is -2.20. The van der Waals surface area contributed by atoms with E-state index in [1.807, 2.05) is 63.2 Å². The number of benzene rings is 2. The van der Waals surface area contributed by atoms with Crippen LogP contribution in [0.3, 0.4) is 0 Å². The molecule has 1 aliphatic rings. The van der Waals surface area contributed by atoms with E-state index in [4.69, 9.17) is 9.72 Å². The minimum atomic E-state index is -0.672. The molecule has 6 heteroatoms. The minimum Gasteiger partial charge on any atom is -0.443 e. The van der Waals surface area contributed by atoms with Crippen LogP contribution in [0.25, 0.3) is 33.5 Å². The Morgan fingerprint density at radius 3 is 2.40 bits per heavy atom. The first kappa shape index (κ1) is 18.2. The van der Waals surface area contributed by atoms with Crippen molar-refractivity contribution in [3.63, 3.8) is 0 Å². The Kier molecular flexibility index (Phi) is 3.86. The number of aromatic nitrogens is 3. The second-order valence-electron chi connectivity index (χ2n) is 8.22. The van der Waals surface area contributed by atoms with Gasteiger partial charge in [0, 0.05) is 28.5 Å². The number of ether oxygens (including phenoxy) is 1. The smallest absolute Gasteiger partial charge is 0.420 e. The van der Waals surface area contributed by atoms with Crippen LogP contribution in [0.15, 0.2) is 60.9 Å². The number of pyridine rings is 1. The molecule has 0 amide bonds.